The lowest BCUT2D eigenvalue weighted by atomic mass is 10.1. The Morgan fingerprint density at radius 2 is 1.70 bits per heavy atom. The molecule has 0 heterocycles. The molecule has 0 unspecified atom stereocenters. The third-order valence-electron chi connectivity index (χ3n) is 3.63. The van der Waals surface area contributed by atoms with Gasteiger partial charge in [0.25, 0.3) is 5.69 Å². The molecule has 0 atom stereocenters. The Kier molecular flexibility index (Phi) is 4.34. The lowest BCUT2D eigenvalue weighted by Gasteiger charge is -2.07. The summed E-state index contributed by atoms with van der Waals surface area (Å²) >= 11 is 0. The van der Waals surface area contributed by atoms with Crippen LogP contribution >= 0.6 is 0 Å². The Morgan fingerprint density at radius 3 is 2.57 bits per heavy atom. The van der Waals surface area contributed by atoms with Crippen molar-refractivity contribution >= 4 is 28.2 Å². The SMILES string of the molecule is O=[N+]([O-])c1ccccc1/C=C/CNc1cccc2ccccc12. The number of nitro groups is 1. The van der Waals surface area contributed by atoms with Crippen LogP contribution in [0.15, 0.2) is 72.8 Å². The minimum Gasteiger partial charge on any atom is -0.381 e. The monoisotopic (exact) mass is 304 g/mol. The second-order valence-corrected chi connectivity index (χ2v) is 5.13. The number of hydrogen-bond acceptors (Lipinski definition) is 3. The highest BCUT2D eigenvalue weighted by Gasteiger charge is 2.08. The number of nitrogens with zero attached hydrogens (tertiary/aromatic N) is 1. The first-order chi connectivity index (χ1) is 11.3. The second-order valence-electron chi connectivity index (χ2n) is 5.13. The van der Waals surface area contributed by atoms with E-state index in [-0.39, 0.29) is 10.6 Å². The molecule has 0 amide bonds. The van der Waals surface area contributed by atoms with Crippen LogP contribution < -0.4 is 5.32 Å². The number of nitrogens with one attached hydrogen (secondary N) is 1. The van der Waals surface area contributed by atoms with Gasteiger partial charge in [-0.15, -0.1) is 0 Å². The van der Waals surface area contributed by atoms with Crippen molar-refractivity contribution in [2.24, 2.45) is 0 Å². The minimum atomic E-state index is -0.363. The molecule has 0 radical (unpaired) electrons. The third-order valence-corrected chi connectivity index (χ3v) is 3.63. The van der Waals surface area contributed by atoms with Crippen molar-refractivity contribution in [3.63, 3.8) is 0 Å². The fraction of sp³-hybridized carbons (Fsp3) is 0.0526. The number of nitro benzene ring substituents is 1. The van der Waals surface area contributed by atoms with Crippen LogP contribution in [0.5, 0.6) is 0 Å². The number of anilines is 1. The van der Waals surface area contributed by atoms with E-state index in [1.54, 1.807) is 24.3 Å². The maximum atomic E-state index is 11.0. The molecule has 3 rings (SSSR count). The van der Waals surface area contributed by atoms with Gasteiger partial charge in [0, 0.05) is 23.7 Å². The summed E-state index contributed by atoms with van der Waals surface area (Å²) in [5.74, 6) is 0. The van der Waals surface area contributed by atoms with Gasteiger partial charge >= 0.3 is 0 Å². The van der Waals surface area contributed by atoms with Crippen molar-refractivity contribution in [1.82, 2.24) is 0 Å². The summed E-state index contributed by atoms with van der Waals surface area (Å²) < 4.78 is 0. The molecular formula is C19H16N2O2. The smallest absolute Gasteiger partial charge is 0.276 e. The first-order valence-corrected chi connectivity index (χ1v) is 7.37. The molecule has 0 saturated carbocycles. The minimum absolute atomic E-state index is 0.119. The Hall–Kier alpha value is -3.14. The molecule has 0 spiro atoms. The highest BCUT2D eigenvalue weighted by Crippen LogP contribution is 2.23. The lowest BCUT2D eigenvalue weighted by molar-refractivity contribution is -0.385. The Morgan fingerprint density at radius 1 is 0.957 bits per heavy atom. The quantitative estimate of drug-likeness (QED) is 0.540. The predicted molar refractivity (Wildman–Crippen MR) is 94.6 cm³/mol. The van der Waals surface area contributed by atoms with E-state index in [9.17, 15) is 10.1 Å². The van der Waals surface area contributed by atoms with Gasteiger partial charge in [0.1, 0.15) is 0 Å². The van der Waals surface area contributed by atoms with Crippen molar-refractivity contribution < 1.29 is 4.92 Å². The first-order valence-electron chi connectivity index (χ1n) is 7.37. The summed E-state index contributed by atoms with van der Waals surface area (Å²) in [6.07, 6.45) is 3.67. The van der Waals surface area contributed by atoms with Gasteiger partial charge in [-0.25, -0.2) is 0 Å². The van der Waals surface area contributed by atoms with E-state index in [0.717, 1.165) is 11.1 Å². The highest BCUT2D eigenvalue weighted by atomic mass is 16.6. The van der Waals surface area contributed by atoms with E-state index in [4.69, 9.17) is 0 Å². The van der Waals surface area contributed by atoms with Crippen LogP contribution in [0.4, 0.5) is 11.4 Å². The fourth-order valence-corrected chi connectivity index (χ4v) is 2.53. The molecule has 3 aromatic rings. The van der Waals surface area contributed by atoms with Crippen LogP contribution in [0, 0.1) is 10.1 Å². The summed E-state index contributed by atoms with van der Waals surface area (Å²) in [7, 11) is 0. The van der Waals surface area contributed by atoms with Crippen LogP contribution in [0.3, 0.4) is 0 Å². The largest absolute Gasteiger partial charge is 0.381 e. The van der Waals surface area contributed by atoms with E-state index >= 15 is 0 Å². The number of fused-ring (bicyclic) bond motifs is 1. The van der Waals surface area contributed by atoms with Gasteiger partial charge in [0.15, 0.2) is 0 Å². The van der Waals surface area contributed by atoms with Crippen molar-refractivity contribution in [1.29, 1.82) is 0 Å². The maximum absolute atomic E-state index is 11.0. The van der Waals surface area contributed by atoms with Gasteiger partial charge in [-0.2, -0.15) is 0 Å². The Balaban J connectivity index is 1.73. The van der Waals surface area contributed by atoms with Gasteiger partial charge in [0.05, 0.1) is 10.5 Å². The van der Waals surface area contributed by atoms with Gasteiger partial charge in [0.2, 0.25) is 0 Å². The Labute approximate surface area is 134 Å². The van der Waals surface area contributed by atoms with E-state index in [1.165, 1.54) is 11.5 Å². The van der Waals surface area contributed by atoms with Crippen LogP contribution in [-0.4, -0.2) is 11.5 Å². The van der Waals surface area contributed by atoms with Gasteiger partial charge in [-0.1, -0.05) is 60.7 Å². The average molecular weight is 304 g/mol. The van der Waals surface area contributed by atoms with Crippen LogP contribution in [-0.2, 0) is 0 Å². The van der Waals surface area contributed by atoms with E-state index < -0.39 is 0 Å². The zero-order valence-corrected chi connectivity index (χ0v) is 12.5. The molecular weight excluding hydrogens is 288 g/mol. The number of hydrogen-bond donors (Lipinski definition) is 1. The molecule has 0 fully saturated rings. The Bertz CT molecular complexity index is 867. The number of para-hydroxylation sites is 1. The van der Waals surface area contributed by atoms with Crippen molar-refractivity contribution in [3.05, 3.63) is 88.5 Å². The highest BCUT2D eigenvalue weighted by molar-refractivity contribution is 5.93. The van der Waals surface area contributed by atoms with E-state index in [0.29, 0.717) is 12.1 Å². The normalized spacial score (nSPS) is 11.0. The second kappa shape index (κ2) is 6.75. The molecule has 23 heavy (non-hydrogen) atoms. The van der Waals surface area contributed by atoms with Gasteiger partial charge in [-0.3, -0.25) is 10.1 Å². The molecule has 0 aliphatic heterocycles. The number of benzene rings is 3. The van der Waals surface area contributed by atoms with Gasteiger partial charge < -0.3 is 5.32 Å². The third kappa shape index (κ3) is 3.37. The maximum Gasteiger partial charge on any atom is 0.276 e. The van der Waals surface area contributed by atoms with Crippen molar-refractivity contribution in [2.75, 3.05) is 11.9 Å². The number of rotatable bonds is 5. The van der Waals surface area contributed by atoms with Crippen LogP contribution in [0.1, 0.15) is 5.56 Å². The lowest BCUT2D eigenvalue weighted by Crippen LogP contribution is -1.98. The summed E-state index contributed by atoms with van der Waals surface area (Å²) in [5, 5.41) is 16.7. The molecule has 0 aromatic heterocycles. The average Bonchev–Trinajstić information content (AvgIpc) is 2.59. The summed E-state index contributed by atoms with van der Waals surface area (Å²) in [6.45, 7) is 0.597. The molecule has 114 valence electrons. The first kappa shape index (κ1) is 14.8. The zero-order chi connectivity index (χ0) is 16.1. The summed E-state index contributed by atoms with van der Waals surface area (Å²) in [5.41, 5.74) is 1.78. The summed E-state index contributed by atoms with van der Waals surface area (Å²) in [6, 6.07) is 21.0. The molecule has 4 nitrogen and oxygen atoms in total. The zero-order valence-electron chi connectivity index (χ0n) is 12.5. The molecule has 0 aliphatic rings. The van der Waals surface area contributed by atoms with Crippen LogP contribution in [0.25, 0.3) is 16.8 Å². The predicted octanol–water partition coefficient (Wildman–Crippen LogP) is 4.87. The molecule has 1 N–H and O–H groups in total. The fourth-order valence-electron chi connectivity index (χ4n) is 2.53. The molecule has 4 heteroatoms. The standard InChI is InChI=1S/C19H16N2O2/c22-21(23)19-13-4-2-8-16(19)10-6-14-20-18-12-5-9-15-7-1-3-11-17(15)18/h1-13,20H,14H2/b10-6+. The molecule has 0 saturated heterocycles. The van der Waals surface area contributed by atoms with Crippen molar-refractivity contribution in [3.8, 4) is 0 Å². The van der Waals surface area contributed by atoms with Gasteiger partial charge in [-0.05, 0) is 17.5 Å². The van der Waals surface area contributed by atoms with Crippen molar-refractivity contribution in [2.45, 2.75) is 0 Å². The molecule has 0 aliphatic carbocycles. The van der Waals surface area contributed by atoms with E-state index in [2.05, 4.69) is 23.5 Å². The summed E-state index contributed by atoms with van der Waals surface area (Å²) in [4.78, 5) is 10.6. The molecule has 0 bridgehead atoms. The molecule has 3 aromatic carbocycles. The topological polar surface area (TPSA) is 55.2 Å². The van der Waals surface area contributed by atoms with E-state index in [1.807, 2.05) is 30.3 Å². The van der Waals surface area contributed by atoms with Crippen LogP contribution in [0.2, 0.25) is 0 Å².